The predicted octanol–water partition coefficient (Wildman–Crippen LogP) is 3.23. The van der Waals surface area contributed by atoms with Gasteiger partial charge in [0, 0.05) is 24.5 Å². The second-order valence-corrected chi connectivity index (χ2v) is 9.98. The van der Waals surface area contributed by atoms with Crippen LogP contribution in [-0.2, 0) is 11.8 Å². The molecule has 37 heavy (non-hydrogen) atoms. The molecule has 8 nitrogen and oxygen atoms in total. The molecule has 1 aliphatic rings. The Balaban J connectivity index is 1.68. The first kappa shape index (κ1) is 24.5. The first-order valence-electron chi connectivity index (χ1n) is 11.8. The standard InChI is InChI=1S/C28H27N5O3S/c1-16-8-6-7-9-22(16)30-26(34)24-18(3)29-28-33(25(24)19-10-12-21(36-5)13-11-19)27(35)23(37-28)14-20-15-32(4)31-17(20)2/h6-15,25H,1-5H3,(H,30,34)/b23-14+/t25-/m1/s1. The zero-order chi connectivity index (χ0) is 26.3. The Hall–Kier alpha value is -4.24. The number of thiazole rings is 1. The number of rotatable bonds is 5. The number of hydrogen-bond donors (Lipinski definition) is 1. The summed E-state index contributed by atoms with van der Waals surface area (Å²) in [5.41, 5.74) is 4.92. The summed E-state index contributed by atoms with van der Waals surface area (Å²) in [6, 6.07) is 14.4. The zero-order valence-corrected chi connectivity index (χ0v) is 22.1. The average molecular weight is 514 g/mol. The maximum atomic E-state index is 13.8. The fraction of sp³-hybridized carbons (Fsp3) is 0.214. The molecule has 0 spiro atoms. The van der Waals surface area contributed by atoms with E-state index in [4.69, 9.17) is 9.73 Å². The van der Waals surface area contributed by atoms with Gasteiger partial charge >= 0.3 is 0 Å². The van der Waals surface area contributed by atoms with Gasteiger partial charge in [-0.1, -0.05) is 41.7 Å². The summed E-state index contributed by atoms with van der Waals surface area (Å²) in [5, 5.41) is 7.40. The lowest BCUT2D eigenvalue weighted by molar-refractivity contribution is -0.113. The molecule has 0 saturated carbocycles. The average Bonchev–Trinajstić information content (AvgIpc) is 3.36. The van der Waals surface area contributed by atoms with Crippen molar-refractivity contribution in [2.75, 3.05) is 12.4 Å². The fourth-order valence-electron chi connectivity index (χ4n) is 4.52. The number of carbonyl (C=O) groups excluding carboxylic acids is 1. The minimum absolute atomic E-state index is 0.207. The van der Waals surface area contributed by atoms with E-state index in [1.54, 1.807) is 16.4 Å². The number of carbonyl (C=O) groups is 1. The normalized spacial score (nSPS) is 15.4. The first-order valence-corrected chi connectivity index (χ1v) is 12.6. The number of aromatic nitrogens is 3. The number of fused-ring (bicyclic) bond motifs is 1. The van der Waals surface area contributed by atoms with Gasteiger partial charge in [-0.2, -0.15) is 5.10 Å². The highest BCUT2D eigenvalue weighted by Crippen LogP contribution is 2.32. The van der Waals surface area contributed by atoms with Crippen LogP contribution in [-0.4, -0.2) is 27.4 Å². The van der Waals surface area contributed by atoms with Crippen LogP contribution in [0.4, 0.5) is 5.69 Å². The monoisotopic (exact) mass is 513 g/mol. The van der Waals surface area contributed by atoms with Crippen LogP contribution in [0.3, 0.4) is 0 Å². The SMILES string of the molecule is COc1ccc([C@@H]2C(C(=O)Nc3ccccc3C)=C(C)N=c3s/c(=C/c4cn(C)nc4C)c(=O)n32)cc1. The largest absolute Gasteiger partial charge is 0.497 e. The number of ether oxygens (including phenoxy) is 1. The van der Waals surface area contributed by atoms with Crippen LogP contribution in [0.2, 0.25) is 0 Å². The third-order valence-corrected chi connectivity index (χ3v) is 7.41. The highest BCUT2D eigenvalue weighted by Gasteiger charge is 2.32. The number of allylic oxidation sites excluding steroid dienone is 1. The van der Waals surface area contributed by atoms with Crippen molar-refractivity contribution in [2.45, 2.75) is 26.8 Å². The molecule has 0 aliphatic carbocycles. The molecule has 0 unspecified atom stereocenters. The maximum absolute atomic E-state index is 13.8. The Morgan fingerprint density at radius 2 is 1.84 bits per heavy atom. The van der Waals surface area contributed by atoms with Crippen LogP contribution >= 0.6 is 11.3 Å². The fourth-order valence-corrected chi connectivity index (χ4v) is 5.55. The van der Waals surface area contributed by atoms with Gasteiger partial charge in [0.05, 0.1) is 34.6 Å². The second-order valence-electron chi connectivity index (χ2n) is 8.97. The van der Waals surface area contributed by atoms with E-state index >= 15 is 0 Å². The van der Waals surface area contributed by atoms with E-state index in [0.29, 0.717) is 32.0 Å². The lowest BCUT2D eigenvalue weighted by atomic mass is 9.95. The summed E-state index contributed by atoms with van der Waals surface area (Å²) >= 11 is 1.31. The number of hydrogen-bond acceptors (Lipinski definition) is 6. The highest BCUT2D eigenvalue weighted by molar-refractivity contribution is 7.07. The van der Waals surface area contributed by atoms with Crippen molar-refractivity contribution < 1.29 is 9.53 Å². The topological polar surface area (TPSA) is 90.5 Å². The highest BCUT2D eigenvalue weighted by atomic mass is 32.1. The molecule has 5 rings (SSSR count). The van der Waals surface area contributed by atoms with Crippen LogP contribution < -0.4 is 24.9 Å². The summed E-state index contributed by atoms with van der Waals surface area (Å²) < 4.78 is 9.19. The van der Waals surface area contributed by atoms with Gasteiger partial charge in [0.1, 0.15) is 5.75 Å². The Labute approximate surface area is 217 Å². The van der Waals surface area contributed by atoms with E-state index in [0.717, 1.165) is 22.4 Å². The lowest BCUT2D eigenvalue weighted by Gasteiger charge is -2.25. The van der Waals surface area contributed by atoms with Crippen molar-refractivity contribution in [1.82, 2.24) is 14.3 Å². The molecule has 0 saturated heterocycles. The van der Waals surface area contributed by atoms with Gasteiger partial charge in [-0.25, -0.2) is 4.99 Å². The van der Waals surface area contributed by atoms with Crippen LogP contribution in [0.1, 0.15) is 35.3 Å². The second kappa shape index (κ2) is 9.67. The van der Waals surface area contributed by atoms with Crippen molar-refractivity contribution in [1.29, 1.82) is 0 Å². The summed E-state index contributed by atoms with van der Waals surface area (Å²) in [6.07, 6.45) is 3.71. The third-order valence-electron chi connectivity index (χ3n) is 6.43. The summed E-state index contributed by atoms with van der Waals surface area (Å²) in [5.74, 6) is 0.392. The van der Waals surface area contributed by atoms with E-state index in [-0.39, 0.29) is 11.5 Å². The van der Waals surface area contributed by atoms with Crippen LogP contribution in [0.5, 0.6) is 5.75 Å². The van der Waals surface area contributed by atoms with Crippen molar-refractivity contribution in [2.24, 2.45) is 12.0 Å². The Morgan fingerprint density at radius 1 is 1.11 bits per heavy atom. The zero-order valence-electron chi connectivity index (χ0n) is 21.3. The number of nitrogens with one attached hydrogen (secondary N) is 1. The van der Waals surface area contributed by atoms with Crippen molar-refractivity contribution in [3.8, 4) is 5.75 Å². The summed E-state index contributed by atoms with van der Waals surface area (Å²) in [7, 11) is 3.45. The van der Waals surface area contributed by atoms with Crippen LogP contribution in [0, 0.1) is 13.8 Å². The van der Waals surface area contributed by atoms with Gasteiger partial charge in [-0.3, -0.25) is 18.8 Å². The molecule has 1 aliphatic heterocycles. The molecule has 0 radical (unpaired) electrons. The van der Waals surface area contributed by atoms with Gasteiger partial charge in [0.2, 0.25) is 0 Å². The molecular formula is C28H27N5O3S. The van der Waals surface area contributed by atoms with E-state index in [1.165, 1.54) is 11.3 Å². The van der Waals surface area contributed by atoms with Crippen molar-refractivity contribution in [3.63, 3.8) is 0 Å². The molecule has 2 aromatic carbocycles. The summed E-state index contributed by atoms with van der Waals surface area (Å²) in [6.45, 7) is 5.65. The number of anilines is 1. The first-order chi connectivity index (χ1) is 17.8. The van der Waals surface area contributed by atoms with Gasteiger partial charge in [-0.05, 0) is 56.2 Å². The van der Waals surface area contributed by atoms with Gasteiger partial charge in [-0.15, -0.1) is 0 Å². The minimum atomic E-state index is -0.650. The molecule has 1 atom stereocenters. The number of nitrogens with zero attached hydrogens (tertiary/aromatic N) is 4. The molecular weight excluding hydrogens is 486 g/mol. The maximum Gasteiger partial charge on any atom is 0.271 e. The summed E-state index contributed by atoms with van der Waals surface area (Å²) in [4.78, 5) is 32.8. The predicted molar refractivity (Wildman–Crippen MR) is 145 cm³/mol. The third kappa shape index (κ3) is 4.53. The van der Waals surface area contributed by atoms with E-state index in [2.05, 4.69) is 10.4 Å². The Morgan fingerprint density at radius 3 is 2.49 bits per heavy atom. The molecule has 1 amide bonds. The molecule has 1 N–H and O–H groups in total. The number of amides is 1. The molecule has 4 aromatic rings. The quantitative estimate of drug-likeness (QED) is 0.444. The number of benzene rings is 2. The number of para-hydroxylation sites is 1. The molecule has 0 bridgehead atoms. The molecule has 188 valence electrons. The minimum Gasteiger partial charge on any atom is -0.497 e. The Kier molecular flexibility index (Phi) is 6.39. The van der Waals surface area contributed by atoms with Crippen molar-refractivity contribution in [3.05, 3.63) is 108 Å². The van der Waals surface area contributed by atoms with E-state index in [9.17, 15) is 9.59 Å². The van der Waals surface area contributed by atoms with Gasteiger partial charge in [0.25, 0.3) is 11.5 Å². The number of methoxy groups -OCH3 is 1. The van der Waals surface area contributed by atoms with Crippen LogP contribution in [0.15, 0.2) is 75.8 Å². The van der Waals surface area contributed by atoms with Gasteiger partial charge in [0.15, 0.2) is 4.80 Å². The lowest BCUT2D eigenvalue weighted by Crippen LogP contribution is -2.40. The van der Waals surface area contributed by atoms with Crippen LogP contribution in [0.25, 0.3) is 6.08 Å². The van der Waals surface area contributed by atoms with Crippen molar-refractivity contribution >= 4 is 29.0 Å². The number of aryl methyl sites for hydroxylation is 3. The molecule has 3 heterocycles. The van der Waals surface area contributed by atoms with E-state index in [1.807, 2.05) is 88.6 Å². The molecule has 9 heteroatoms. The smallest absolute Gasteiger partial charge is 0.271 e. The Bertz CT molecular complexity index is 1720. The molecule has 2 aromatic heterocycles. The van der Waals surface area contributed by atoms with E-state index < -0.39 is 6.04 Å². The molecule has 0 fully saturated rings. The van der Waals surface area contributed by atoms with Gasteiger partial charge < -0.3 is 10.1 Å².